The number of hydrogen-bond acceptors (Lipinski definition) is 6. The number of nitrogens with zero attached hydrogens (tertiary/aromatic N) is 7. The molecule has 2 heterocycles. The molecule has 0 unspecified atom stereocenters. The molecule has 0 saturated carbocycles. The normalized spacial score (nSPS) is 9.20. The Balaban J connectivity index is 2.55. The van der Waals surface area contributed by atoms with E-state index in [1.807, 2.05) is 6.07 Å². The molecule has 0 radical (unpaired) electrons. The summed E-state index contributed by atoms with van der Waals surface area (Å²) >= 11 is 0. The van der Waals surface area contributed by atoms with Crippen molar-refractivity contribution in [3.8, 4) is 18.0 Å². The Kier molecular flexibility index (Phi) is 2.06. The minimum atomic E-state index is 0.0181. The van der Waals surface area contributed by atoms with Gasteiger partial charge in [-0.1, -0.05) is 0 Å². The molecule has 0 aliphatic rings. The third kappa shape index (κ3) is 1.49. The molecule has 2 aromatic rings. The van der Waals surface area contributed by atoms with Crippen molar-refractivity contribution in [3.05, 3.63) is 30.0 Å². The average Bonchev–Trinajstić information content (AvgIpc) is 2.77. The minimum absolute atomic E-state index is 0.0181. The van der Waals surface area contributed by atoms with Gasteiger partial charge in [0.25, 0.3) is 5.82 Å². The molecule has 0 saturated heterocycles. The Morgan fingerprint density at radius 2 is 2.13 bits per heavy atom. The van der Waals surface area contributed by atoms with Crippen LogP contribution in [0.5, 0.6) is 0 Å². The van der Waals surface area contributed by atoms with Crippen molar-refractivity contribution >= 4 is 0 Å². The summed E-state index contributed by atoms with van der Waals surface area (Å²) in [6.07, 6.45) is 2.72. The van der Waals surface area contributed by atoms with Crippen LogP contribution in [0, 0.1) is 22.7 Å². The van der Waals surface area contributed by atoms with Crippen molar-refractivity contribution in [3.63, 3.8) is 0 Å². The van der Waals surface area contributed by atoms with Crippen LogP contribution in [0.4, 0.5) is 0 Å². The van der Waals surface area contributed by atoms with Gasteiger partial charge >= 0.3 is 0 Å². The van der Waals surface area contributed by atoms with Crippen LogP contribution in [0.25, 0.3) is 5.82 Å². The van der Waals surface area contributed by atoms with E-state index in [-0.39, 0.29) is 11.6 Å². The molecule has 0 amide bonds. The van der Waals surface area contributed by atoms with Crippen LogP contribution in [0.2, 0.25) is 0 Å². The van der Waals surface area contributed by atoms with Gasteiger partial charge in [-0.2, -0.15) is 20.3 Å². The van der Waals surface area contributed by atoms with E-state index in [4.69, 9.17) is 10.5 Å². The molecule has 0 aliphatic carbocycles. The number of nitriles is 2. The van der Waals surface area contributed by atoms with Crippen LogP contribution in [0.15, 0.2) is 18.6 Å². The maximum atomic E-state index is 8.80. The number of rotatable bonds is 1. The lowest BCUT2D eigenvalue weighted by molar-refractivity contribution is 0.805. The summed E-state index contributed by atoms with van der Waals surface area (Å²) in [5.41, 5.74) is 0.319. The fraction of sp³-hybridized carbons (Fsp3) is 0. The molecule has 0 aliphatic heterocycles. The predicted octanol–water partition coefficient (Wildman–Crippen LogP) is -0.199. The van der Waals surface area contributed by atoms with Gasteiger partial charge in [0, 0.05) is 0 Å². The van der Waals surface area contributed by atoms with Crippen LogP contribution in [0.3, 0.4) is 0 Å². The zero-order valence-corrected chi connectivity index (χ0v) is 7.36. The summed E-state index contributed by atoms with van der Waals surface area (Å²) in [7, 11) is 0. The average molecular weight is 197 g/mol. The fourth-order valence-corrected chi connectivity index (χ4v) is 0.997. The van der Waals surface area contributed by atoms with Crippen LogP contribution in [-0.4, -0.2) is 25.0 Å². The Morgan fingerprint density at radius 1 is 1.27 bits per heavy atom. The van der Waals surface area contributed by atoms with Gasteiger partial charge in [-0.15, -0.1) is 10.2 Å². The largest absolute Gasteiger partial charge is 0.252 e. The van der Waals surface area contributed by atoms with Crippen LogP contribution < -0.4 is 0 Å². The zero-order valence-electron chi connectivity index (χ0n) is 7.36. The van der Waals surface area contributed by atoms with E-state index in [1.165, 1.54) is 23.3 Å². The quantitative estimate of drug-likeness (QED) is 0.626. The Labute approximate surface area is 84.2 Å². The first-order valence-electron chi connectivity index (χ1n) is 3.89. The lowest BCUT2D eigenvalue weighted by atomic mass is 10.3. The molecule has 2 rings (SSSR count). The Hall–Kier alpha value is -2.80. The summed E-state index contributed by atoms with van der Waals surface area (Å²) in [5, 5.41) is 28.5. The van der Waals surface area contributed by atoms with Gasteiger partial charge in [0.15, 0.2) is 5.82 Å². The van der Waals surface area contributed by atoms with Crippen LogP contribution in [-0.2, 0) is 0 Å². The summed E-state index contributed by atoms with van der Waals surface area (Å²) < 4.78 is 1.24. The molecule has 0 bridgehead atoms. The lowest BCUT2D eigenvalue weighted by Gasteiger charge is -1.98. The smallest absolute Gasteiger partial charge is 0.206 e. The highest BCUT2D eigenvalue weighted by Gasteiger charge is 2.08. The van der Waals surface area contributed by atoms with Crippen molar-refractivity contribution in [2.24, 2.45) is 0 Å². The van der Waals surface area contributed by atoms with Crippen molar-refractivity contribution in [2.45, 2.75) is 0 Å². The van der Waals surface area contributed by atoms with E-state index >= 15 is 0 Å². The van der Waals surface area contributed by atoms with Gasteiger partial charge in [-0.25, -0.2) is 4.98 Å². The summed E-state index contributed by atoms with van der Waals surface area (Å²) in [6, 6.07) is 5.24. The highest BCUT2D eigenvalue weighted by molar-refractivity contribution is 5.40. The van der Waals surface area contributed by atoms with Gasteiger partial charge in [0.05, 0.1) is 6.20 Å². The highest BCUT2D eigenvalue weighted by atomic mass is 15.4. The van der Waals surface area contributed by atoms with Gasteiger partial charge in [-0.3, -0.25) is 0 Å². The molecule has 15 heavy (non-hydrogen) atoms. The molecule has 0 N–H and O–H groups in total. The fourth-order valence-electron chi connectivity index (χ4n) is 0.997. The van der Waals surface area contributed by atoms with Crippen molar-refractivity contribution in [1.29, 1.82) is 10.5 Å². The standard InChI is InChI=1S/C8H3N7/c9-3-6-1-2-12-13-8(6)15-5-11-7(4-10)14-15/h1-2,5H. The summed E-state index contributed by atoms with van der Waals surface area (Å²) in [6.45, 7) is 0. The summed E-state index contributed by atoms with van der Waals surface area (Å²) in [5.74, 6) is 0.276. The van der Waals surface area contributed by atoms with Crippen molar-refractivity contribution in [2.75, 3.05) is 0 Å². The van der Waals surface area contributed by atoms with Gasteiger partial charge in [0.2, 0.25) is 0 Å². The third-order valence-corrected chi connectivity index (χ3v) is 1.63. The maximum Gasteiger partial charge on any atom is 0.252 e. The molecule has 70 valence electrons. The van der Waals surface area contributed by atoms with E-state index in [1.54, 1.807) is 6.07 Å². The van der Waals surface area contributed by atoms with E-state index in [0.29, 0.717) is 5.56 Å². The van der Waals surface area contributed by atoms with Gasteiger partial charge in [0.1, 0.15) is 24.0 Å². The van der Waals surface area contributed by atoms with Crippen molar-refractivity contribution in [1.82, 2.24) is 25.0 Å². The molecular formula is C8H3N7. The third-order valence-electron chi connectivity index (χ3n) is 1.63. The van der Waals surface area contributed by atoms with Crippen LogP contribution in [0.1, 0.15) is 11.4 Å². The first kappa shape index (κ1) is 8.78. The number of hydrogen-bond donors (Lipinski definition) is 0. The lowest BCUT2D eigenvalue weighted by Crippen LogP contribution is -2.02. The van der Waals surface area contributed by atoms with E-state index in [2.05, 4.69) is 20.3 Å². The minimum Gasteiger partial charge on any atom is -0.206 e. The Bertz CT molecular complexity index is 571. The van der Waals surface area contributed by atoms with E-state index < -0.39 is 0 Å². The monoisotopic (exact) mass is 197 g/mol. The highest BCUT2D eigenvalue weighted by Crippen LogP contribution is 2.06. The molecule has 0 aromatic carbocycles. The van der Waals surface area contributed by atoms with Crippen molar-refractivity contribution < 1.29 is 0 Å². The molecule has 7 heteroatoms. The molecular weight excluding hydrogens is 194 g/mol. The van der Waals surface area contributed by atoms with E-state index in [0.717, 1.165) is 0 Å². The van der Waals surface area contributed by atoms with Crippen LogP contribution >= 0.6 is 0 Å². The molecule has 0 spiro atoms. The maximum absolute atomic E-state index is 8.80. The predicted molar refractivity (Wildman–Crippen MR) is 46.4 cm³/mol. The SMILES string of the molecule is N#Cc1ncn(-c2nnccc2C#N)n1. The molecule has 0 fully saturated rings. The van der Waals surface area contributed by atoms with E-state index in [9.17, 15) is 0 Å². The molecule has 2 aromatic heterocycles. The van der Waals surface area contributed by atoms with Gasteiger partial charge < -0.3 is 0 Å². The second kappa shape index (κ2) is 3.52. The second-order valence-corrected chi connectivity index (χ2v) is 2.50. The molecule has 0 atom stereocenters. The second-order valence-electron chi connectivity index (χ2n) is 2.50. The first-order chi connectivity index (χ1) is 7.35. The summed E-state index contributed by atoms with van der Waals surface area (Å²) in [4.78, 5) is 3.70. The number of aromatic nitrogens is 5. The topological polar surface area (TPSA) is 104 Å². The first-order valence-corrected chi connectivity index (χ1v) is 3.89. The zero-order chi connectivity index (χ0) is 10.7. The van der Waals surface area contributed by atoms with Gasteiger partial charge in [-0.05, 0) is 6.07 Å². The Morgan fingerprint density at radius 3 is 2.80 bits per heavy atom. The molecule has 7 nitrogen and oxygen atoms in total.